The molecule has 1 aliphatic heterocycles. The molecule has 2 aromatic rings. The zero-order valence-electron chi connectivity index (χ0n) is 12.8. The lowest BCUT2D eigenvalue weighted by Crippen LogP contribution is -2.10. The third kappa shape index (κ3) is 3.24. The molecule has 3 rings (SSSR count). The van der Waals surface area contributed by atoms with Crippen molar-refractivity contribution in [3.8, 4) is 5.75 Å². The van der Waals surface area contributed by atoms with Crippen LogP contribution in [0.3, 0.4) is 0 Å². The summed E-state index contributed by atoms with van der Waals surface area (Å²) in [6.07, 6.45) is -0.0609. The van der Waals surface area contributed by atoms with Crippen LogP contribution in [-0.2, 0) is 14.6 Å². The van der Waals surface area contributed by atoms with Crippen molar-refractivity contribution >= 4 is 15.5 Å². The van der Waals surface area contributed by atoms with Gasteiger partial charge in [0.1, 0.15) is 23.4 Å². The molecule has 2 aromatic carbocycles. The summed E-state index contributed by atoms with van der Waals surface area (Å²) in [4.78, 5) is 10.3. The molecule has 0 N–H and O–H groups in total. The number of non-ortho nitro benzene ring substituents is 1. The summed E-state index contributed by atoms with van der Waals surface area (Å²) in [6.45, 7) is 2.43. The standard InChI is InChI=1S/C16H15NO6S/c1-11-4-2-3-5-15(11)24(20,21)16-8-12(17(18)19)6-7-14(16)23-10-13-9-22-13/h2-8,13H,9-10H2,1H3. The van der Waals surface area contributed by atoms with E-state index in [1.807, 2.05) is 0 Å². The van der Waals surface area contributed by atoms with Crippen molar-refractivity contribution in [1.29, 1.82) is 0 Å². The van der Waals surface area contributed by atoms with E-state index >= 15 is 0 Å². The van der Waals surface area contributed by atoms with E-state index in [1.165, 1.54) is 18.2 Å². The minimum absolute atomic E-state index is 0.0609. The minimum atomic E-state index is -3.95. The van der Waals surface area contributed by atoms with E-state index in [9.17, 15) is 18.5 Å². The first-order valence-corrected chi connectivity index (χ1v) is 8.71. The van der Waals surface area contributed by atoms with Gasteiger partial charge in [0.2, 0.25) is 9.84 Å². The van der Waals surface area contributed by atoms with Gasteiger partial charge in [-0.05, 0) is 24.6 Å². The first-order chi connectivity index (χ1) is 11.4. The zero-order chi connectivity index (χ0) is 17.3. The lowest BCUT2D eigenvalue weighted by Gasteiger charge is -2.13. The van der Waals surface area contributed by atoms with Crippen molar-refractivity contribution in [3.05, 3.63) is 58.1 Å². The average molecular weight is 349 g/mol. The second kappa shape index (κ2) is 6.21. The van der Waals surface area contributed by atoms with Gasteiger partial charge in [-0.2, -0.15) is 0 Å². The molecule has 0 aromatic heterocycles. The van der Waals surface area contributed by atoms with E-state index in [2.05, 4.69) is 0 Å². The van der Waals surface area contributed by atoms with Gasteiger partial charge < -0.3 is 9.47 Å². The second-order valence-corrected chi connectivity index (χ2v) is 7.31. The summed E-state index contributed by atoms with van der Waals surface area (Å²) in [7, 11) is -3.95. The zero-order valence-corrected chi connectivity index (χ0v) is 13.7. The van der Waals surface area contributed by atoms with Crippen LogP contribution in [0, 0.1) is 17.0 Å². The topological polar surface area (TPSA) is 99.0 Å². The Morgan fingerprint density at radius 2 is 1.96 bits per heavy atom. The molecule has 1 fully saturated rings. The van der Waals surface area contributed by atoms with Crippen molar-refractivity contribution in [3.63, 3.8) is 0 Å². The van der Waals surface area contributed by atoms with Gasteiger partial charge in [0.15, 0.2) is 0 Å². The van der Waals surface area contributed by atoms with Crippen molar-refractivity contribution in [2.75, 3.05) is 13.2 Å². The third-order valence-corrected chi connectivity index (χ3v) is 5.57. The van der Waals surface area contributed by atoms with E-state index in [-0.39, 0.29) is 33.9 Å². The molecule has 0 radical (unpaired) electrons. The first-order valence-electron chi connectivity index (χ1n) is 7.23. The van der Waals surface area contributed by atoms with Gasteiger partial charge >= 0.3 is 0 Å². The van der Waals surface area contributed by atoms with E-state index < -0.39 is 14.8 Å². The smallest absolute Gasteiger partial charge is 0.271 e. The maximum absolute atomic E-state index is 13.0. The Balaban J connectivity index is 2.10. The third-order valence-electron chi connectivity index (χ3n) is 3.64. The van der Waals surface area contributed by atoms with E-state index in [4.69, 9.17) is 9.47 Å². The molecule has 8 heteroatoms. The van der Waals surface area contributed by atoms with Crippen LogP contribution in [-0.4, -0.2) is 32.7 Å². The number of epoxide rings is 1. The molecule has 1 aliphatic rings. The van der Waals surface area contributed by atoms with Gasteiger partial charge in [-0.3, -0.25) is 10.1 Å². The Morgan fingerprint density at radius 3 is 2.58 bits per heavy atom. The lowest BCUT2D eigenvalue weighted by atomic mass is 10.2. The van der Waals surface area contributed by atoms with Gasteiger partial charge in [-0.15, -0.1) is 0 Å². The Bertz CT molecular complexity index is 889. The van der Waals surface area contributed by atoms with Crippen molar-refractivity contribution in [2.24, 2.45) is 0 Å². The summed E-state index contributed by atoms with van der Waals surface area (Å²) in [5.74, 6) is 0.0827. The van der Waals surface area contributed by atoms with Gasteiger partial charge in [-0.25, -0.2) is 8.42 Å². The van der Waals surface area contributed by atoms with Crippen LogP contribution in [0.4, 0.5) is 5.69 Å². The normalized spacial score (nSPS) is 16.6. The second-order valence-electron chi connectivity index (χ2n) is 5.42. The molecule has 1 heterocycles. The number of hydrogen-bond acceptors (Lipinski definition) is 6. The molecule has 1 atom stereocenters. The molecule has 0 spiro atoms. The molecule has 0 aliphatic carbocycles. The summed E-state index contributed by atoms with van der Waals surface area (Å²) in [5, 5.41) is 11.0. The molecule has 24 heavy (non-hydrogen) atoms. The van der Waals surface area contributed by atoms with Gasteiger partial charge in [0.05, 0.1) is 16.4 Å². The number of hydrogen-bond donors (Lipinski definition) is 0. The number of ether oxygens (including phenoxy) is 2. The summed E-state index contributed by atoms with van der Waals surface area (Å²) >= 11 is 0. The highest BCUT2D eigenvalue weighted by Crippen LogP contribution is 2.34. The fourth-order valence-corrected chi connectivity index (χ4v) is 3.92. The lowest BCUT2D eigenvalue weighted by molar-refractivity contribution is -0.385. The molecule has 126 valence electrons. The highest BCUT2D eigenvalue weighted by Gasteiger charge is 2.29. The largest absolute Gasteiger partial charge is 0.489 e. The number of nitro groups is 1. The van der Waals surface area contributed by atoms with Gasteiger partial charge in [-0.1, -0.05) is 18.2 Å². The number of sulfone groups is 1. The van der Waals surface area contributed by atoms with Crippen LogP contribution in [0.2, 0.25) is 0 Å². The number of benzene rings is 2. The number of aryl methyl sites for hydroxylation is 1. The Hall–Kier alpha value is -2.45. The van der Waals surface area contributed by atoms with Gasteiger partial charge in [0, 0.05) is 12.1 Å². The molecule has 1 saturated heterocycles. The number of nitrogens with zero attached hydrogens (tertiary/aromatic N) is 1. The SMILES string of the molecule is Cc1ccccc1S(=O)(=O)c1cc([N+](=O)[O-])ccc1OCC1CO1. The van der Waals surface area contributed by atoms with Crippen LogP contribution >= 0.6 is 0 Å². The highest BCUT2D eigenvalue weighted by atomic mass is 32.2. The van der Waals surface area contributed by atoms with Crippen molar-refractivity contribution in [2.45, 2.75) is 22.8 Å². The van der Waals surface area contributed by atoms with E-state index in [1.54, 1.807) is 25.1 Å². The van der Waals surface area contributed by atoms with Crippen LogP contribution < -0.4 is 4.74 Å². The summed E-state index contributed by atoms with van der Waals surface area (Å²) in [6, 6.07) is 10.0. The van der Waals surface area contributed by atoms with Crippen LogP contribution in [0.15, 0.2) is 52.3 Å². The Labute approximate surface area is 138 Å². The monoisotopic (exact) mass is 349 g/mol. The molecular weight excluding hydrogens is 334 g/mol. The summed E-state index contributed by atoms with van der Waals surface area (Å²) < 4.78 is 36.5. The molecule has 0 amide bonds. The predicted molar refractivity (Wildman–Crippen MR) is 85.0 cm³/mol. The molecular formula is C16H15NO6S. The first kappa shape index (κ1) is 16.4. The van der Waals surface area contributed by atoms with E-state index in [0.717, 1.165) is 6.07 Å². The molecule has 0 bridgehead atoms. The van der Waals surface area contributed by atoms with Gasteiger partial charge in [0.25, 0.3) is 5.69 Å². The Kier molecular flexibility index (Phi) is 4.25. The van der Waals surface area contributed by atoms with Crippen LogP contribution in [0.5, 0.6) is 5.75 Å². The van der Waals surface area contributed by atoms with Crippen molar-refractivity contribution in [1.82, 2.24) is 0 Å². The Morgan fingerprint density at radius 1 is 1.25 bits per heavy atom. The van der Waals surface area contributed by atoms with Crippen LogP contribution in [0.1, 0.15) is 5.56 Å². The van der Waals surface area contributed by atoms with Crippen LogP contribution in [0.25, 0.3) is 0 Å². The highest BCUT2D eigenvalue weighted by molar-refractivity contribution is 7.91. The number of nitro benzene ring substituents is 1. The summed E-state index contributed by atoms with van der Waals surface area (Å²) in [5.41, 5.74) is 0.248. The van der Waals surface area contributed by atoms with Crippen molar-refractivity contribution < 1.29 is 22.8 Å². The minimum Gasteiger partial charge on any atom is -0.489 e. The quantitative estimate of drug-likeness (QED) is 0.451. The maximum Gasteiger partial charge on any atom is 0.271 e. The molecule has 7 nitrogen and oxygen atoms in total. The molecule has 1 unspecified atom stereocenters. The fraction of sp³-hybridized carbons (Fsp3) is 0.250. The average Bonchev–Trinajstić information content (AvgIpc) is 3.37. The predicted octanol–water partition coefficient (Wildman–Crippen LogP) is 2.51. The number of rotatable bonds is 6. The molecule has 0 saturated carbocycles. The fourth-order valence-electron chi connectivity index (χ4n) is 2.26. The van der Waals surface area contributed by atoms with E-state index in [0.29, 0.717) is 12.2 Å². The maximum atomic E-state index is 13.0.